The lowest BCUT2D eigenvalue weighted by Crippen LogP contribution is -2.23. The number of anilines is 1. The van der Waals surface area contributed by atoms with Crippen LogP contribution in [-0.4, -0.2) is 15.4 Å². The van der Waals surface area contributed by atoms with Crippen LogP contribution in [0.25, 0.3) is 15.9 Å². The molecule has 0 amide bonds. The van der Waals surface area contributed by atoms with Gasteiger partial charge in [-0.3, -0.25) is 0 Å². The van der Waals surface area contributed by atoms with Gasteiger partial charge in [-0.2, -0.15) is 0 Å². The number of aromatic nitrogens is 2. The summed E-state index contributed by atoms with van der Waals surface area (Å²) in [7, 11) is 0. The van der Waals surface area contributed by atoms with Gasteiger partial charge in [-0.15, -0.1) is 11.3 Å². The Hall–Kier alpha value is -1.55. The number of hydrogen-bond acceptors (Lipinski definition) is 3. The smallest absolute Gasteiger partial charge is 0.151 e. The molecule has 0 unspecified atom stereocenters. The minimum absolute atomic E-state index is 0.594. The molecule has 1 N–H and O–H groups in total. The Bertz CT molecular complexity index is 706. The first-order valence-corrected chi connectivity index (χ1v) is 7.90. The summed E-state index contributed by atoms with van der Waals surface area (Å²) < 4.78 is 2.25. The van der Waals surface area contributed by atoms with Crippen LogP contribution in [0.4, 0.5) is 5.82 Å². The maximum Gasteiger partial charge on any atom is 0.151 e. The van der Waals surface area contributed by atoms with Crippen molar-refractivity contribution in [2.45, 2.75) is 38.1 Å². The first-order chi connectivity index (χ1) is 9.42. The minimum atomic E-state index is 0.594. The molecule has 1 aliphatic carbocycles. The molecule has 3 nitrogen and oxygen atoms in total. The molecule has 0 atom stereocenters. The Kier molecular flexibility index (Phi) is 2.69. The van der Waals surface area contributed by atoms with Crippen molar-refractivity contribution in [1.82, 2.24) is 9.38 Å². The van der Waals surface area contributed by atoms with Crippen molar-refractivity contribution in [3.63, 3.8) is 0 Å². The summed E-state index contributed by atoms with van der Waals surface area (Å²) in [6.45, 7) is 0. The highest BCUT2D eigenvalue weighted by Gasteiger charge is 2.16. The molecule has 0 aromatic carbocycles. The van der Waals surface area contributed by atoms with Crippen LogP contribution in [0.2, 0.25) is 0 Å². The van der Waals surface area contributed by atoms with E-state index in [4.69, 9.17) is 4.98 Å². The Labute approximate surface area is 116 Å². The molecular formula is C15H17N3S. The zero-order valence-corrected chi connectivity index (χ0v) is 11.6. The van der Waals surface area contributed by atoms with Crippen LogP contribution in [0, 0.1) is 0 Å². The fourth-order valence-corrected chi connectivity index (χ4v) is 3.87. The highest BCUT2D eigenvalue weighted by atomic mass is 32.1. The molecule has 3 heterocycles. The van der Waals surface area contributed by atoms with E-state index in [1.807, 2.05) is 0 Å². The zero-order valence-electron chi connectivity index (χ0n) is 10.8. The summed E-state index contributed by atoms with van der Waals surface area (Å²) >= 11 is 1.75. The summed E-state index contributed by atoms with van der Waals surface area (Å²) in [4.78, 5) is 6.04. The average molecular weight is 271 g/mol. The van der Waals surface area contributed by atoms with E-state index in [2.05, 4.69) is 39.5 Å². The molecule has 0 saturated heterocycles. The molecule has 1 saturated carbocycles. The second-order valence-corrected chi connectivity index (χ2v) is 6.21. The van der Waals surface area contributed by atoms with Crippen molar-refractivity contribution >= 4 is 33.0 Å². The molecular weight excluding hydrogens is 254 g/mol. The van der Waals surface area contributed by atoms with Gasteiger partial charge in [0.15, 0.2) is 5.82 Å². The minimum Gasteiger partial charge on any atom is -0.366 e. The van der Waals surface area contributed by atoms with Gasteiger partial charge in [0.25, 0.3) is 0 Å². The van der Waals surface area contributed by atoms with E-state index in [0.717, 1.165) is 11.3 Å². The quantitative estimate of drug-likeness (QED) is 0.753. The number of hydrogen-bond donors (Lipinski definition) is 1. The molecule has 1 fully saturated rings. The third-order valence-electron chi connectivity index (χ3n) is 4.01. The Morgan fingerprint density at radius 3 is 3.00 bits per heavy atom. The zero-order chi connectivity index (χ0) is 12.7. The normalized spacial score (nSPS) is 17.3. The second kappa shape index (κ2) is 4.53. The van der Waals surface area contributed by atoms with Crippen LogP contribution < -0.4 is 5.32 Å². The lowest BCUT2D eigenvalue weighted by Gasteiger charge is -2.23. The lowest BCUT2D eigenvalue weighted by molar-refractivity contribution is 0.462. The Morgan fingerprint density at radius 2 is 2.11 bits per heavy atom. The van der Waals surface area contributed by atoms with Gasteiger partial charge in [-0.05, 0) is 36.4 Å². The van der Waals surface area contributed by atoms with Gasteiger partial charge in [-0.25, -0.2) is 4.98 Å². The van der Waals surface area contributed by atoms with Crippen LogP contribution >= 0.6 is 11.3 Å². The van der Waals surface area contributed by atoms with Gasteiger partial charge in [-0.1, -0.05) is 19.3 Å². The molecule has 0 bridgehead atoms. The SMILES string of the molecule is c1cc2c(NC3CCCCC3)nc3ccsc3n2c1. The molecule has 98 valence electrons. The summed E-state index contributed by atoms with van der Waals surface area (Å²) in [5, 5.41) is 5.78. The monoisotopic (exact) mass is 271 g/mol. The van der Waals surface area contributed by atoms with Crippen LogP contribution in [0.3, 0.4) is 0 Å². The van der Waals surface area contributed by atoms with Crippen molar-refractivity contribution in [3.05, 3.63) is 29.8 Å². The number of rotatable bonds is 2. The molecule has 0 aliphatic heterocycles. The van der Waals surface area contributed by atoms with E-state index in [0.29, 0.717) is 6.04 Å². The van der Waals surface area contributed by atoms with Gasteiger partial charge >= 0.3 is 0 Å². The first kappa shape index (κ1) is 11.3. The van der Waals surface area contributed by atoms with Crippen molar-refractivity contribution in [3.8, 4) is 0 Å². The van der Waals surface area contributed by atoms with E-state index in [1.54, 1.807) is 11.3 Å². The lowest BCUT2D eigenvalue weighted by atomic mass is 9.95. The van der Waals surface area contributed by atoms with Gasteiger partial charge < -0.3 is 9.72 Å². The summed E-state index contributed by atoms with van der Waals surface area (Å²) in [6.07, 6.45) is 8.75. The van der Waals surface area contributed by atoms with Crippen LogP contribution in [0.1, 0.15) is 32.1 Å². The standard InChI is InChI=1S/C15H17N3S/c1-2-5-11(6-3-1)16-14-13-7-4-9-18(13)15-12(17-14)8-10-19-15/h4,7-11H,1-3,5-6H2,(H,16,17). The van der Waals surface area contributed by atoms with E-state index < -0.39 is 0 Å². The highest BCUT2D eigenvalue weighted by Crippen LogP contribution is 2.28. The molecule has 4 heteroatoms. The largest absolute Gasteiger partial charge is 0.366 e. The van der Waals surface area contributed by atoms with Crippen LogP contribution in [-0.2, 0) is 0 Å². The van der Waals surface area contributed by atoms with E-state index in [-0.39, 0.29) is 0 Å². The molecule has 3 aromatic heterocycles. The molecule has 19 heavy (non-hydrogen) atoms. The van der Waals surface area contributed by atoms with E-state index in [9.17, 15) is 0 Å². The van der Waals surface area contributed by atoms with Gasteiger partial charge in [0.2, 0.25) is 0 Å². The topological polar surface area (TPSA) is 29.3 Å². The van der Waals surface area contributed by atoms with Gasteiger partial charge in [0.1, 0.15) is 10.3 Å². The van der Waals surface area contributed by atoms with Crippen molar-refractivity contribution in [1.29, 1.82) is 0 Å². The number of nitrogens with zero attached hydrogens (tertiary/aromatic N) is 2. The molecule has 3 aromatic rings. The third kappa shape index (κ3) is 1.91. The van der Waals surface area contributed by atoms with Crippen LogP contribution in [0.5, 0.6) is 0 Å². The second-order valence-electron chi connectivity index (χ2n) is 5.31. The van der Waals surface area contributed by atoms with Crippen molar-refractivity contribution < 1.29 is 0 Å². The van der Waals surface area contributed by atoms with E-state index >= 15 is 0 Å². The van der Waals surface area contributed by atoms with E-state index in [1.165, 1.54) is 42.5 Å². The fraction of sp³-hybridized carbons (Fsp3) is 0.400. The van der Waals surface area contributed by atoms with Gasteiger partial charge in [0.05, 0.1) is 5.52 Å². The average Bonchev–Trinajstić information content (AvgIpc) is 3.07. The number of thiophene rings is 1. The Morgan fingerprint density at radius 1 is 1.21 bits per heavy atom. The fourth-order valence-electron chi connectivity index (χ4n) is 3.04. The predicted octanol–water partition coefficient (Wildman–Crippen LogP) is 4.29. The summed E-state index contributed by atoms with van der Waals surface area (Å²) in [5.74, 6) is 1.04. The van der Waals surface area contributed by atoms with Gasteiger partial charge in [0, 0.05) is 12.2 Å². The number of fused-ring (bicyclic) bond motifs is 3. The van der Waals surface area contributed by atoms with Crippen molar-refractivity contribution in [2.75, 3.05) is 5.32 Å². The molecule has 0 spiro atoms. The summed E-state index contributed by atoms with van der Waals surface area (Å²) in [6, 6.07) is 6.95. The summed E-state index contributed by atoms with van der Waals surface area (Å²) in [5.41, 5.74) is 2.28. The maximum atomic E-state index is 4.81. The third-order valence-corrected chi connectivity index (χ3v) is 4.91. The van der Waals surface area contributed by atoms with Crippen molar-refractivity contribution in [2.24, 2.45) is 0 Å². The molecule has 0 radical (unpaired) electrons. The maximum absolute atomic E-state index is 4.81. The number of nitrogens with one attached hydrogen (secondary N) is 1. The predicted molar refractivity (Wildman–Crippen MR) is 81.1 cm³/mol. The molecule has 1 aliphatic rings. The highest BCUT2D eigenvalue weighted by molar-refractivity contribution is 7.16. The molecule has 4 rings (SSSR count). The first-order valence-electron chi connectivity index (χ1n) is 7.02. The van der Waals surface area contributed by atoms with Crippen LogP contribution in [0.15, 0.2) is 29.8 Å². The Balaban J connectivity index is 1.79.